The molecule has 1 aliphatic carbocycles. The molecule has 34 heavy (non-hydrogen) atoms. The van der Waals surface area contributed by atoms with E-state index in [2.05, 4.69) is 91.0 Å². The zero-order valence-corrected chi connectivity index (χ0v) is 19.5. The Hall–Kier alpha value is -3.78. The maximum Gasteiger partial charge on any atom is 0.278 e. The summed E-state index contributed by atoms with van der Waals surface area (Å²) in [5.41, 5.74) is 8.24. The molecular weight excluding hydrogens is 414 g/mol. The van der Waals surface area contributed by atoms with Crippen molar-refractivity contribution in [1.29, 1.82) is 0 Å². The number of nitrogens with zero attached hydrogens (tertiary/aromatic N) is 1. The molecule has 2 aliphatic rings. The normalized spacial score (nSPS) is 16.6. The first kappa shape index (κ1) is 19.7. The van der Waals surface area contributed by atoms with Gasteiger partial charge in [-0.25, -0.2) is 4.58 Å². The number of benzene rings is 4. The smallest absolute Gasteiger partial charge is 0.278 e. The molecule has 1 saturated carbocycles. The van der Waals surface area contributed by atoms with Crippen LogP contribution in [0.1, 0.15) is 42.4 Å². The number of para-hydroxylation sites is 1. The summed E-state index contributed by atoms with van der Waals surface area (Å²) in [6.07, 6.45) is 7.55. The number of furan rings is 1. The molecule has 4 aromatic carbocycles. The topological polar surface area (TPSA) is 14.3 Å². The van der Waals surface area contributed by atoms with E-state index in [-0.39, 0.29) is 0 Å². The Morgan fingerprint density at radius 3 is 2.65 bits per heavy atom. The molecule has 2 heterocycles. The van der Waals surface area contributed by atoms with Gasteiger partial charge in [0.2, 0.25) is 0 Å². The minimum absolute atomic E-state index is 0.587. The van der Waals surface area contributed by atoms with Crippen molar-refractivity contribution < 1.29 is 8.99 Å². The third-order valence-corrected chi connectivity index (χ3v) is 7.76. The lowest BCUT2D eigenvalue weighted by atomic mass is 9.82. The van der Waals surface area contributed by atoms with Crippen LogP contribution in [0.25, 0.3) is 38.3 Å². The Morgan fingerprint density at radius 2 is 1.76 bits per heavy atom. The molecule has 7 rings (SSSR count). The monoisotopic (exact) mass is 441 g/mol. The van der Waals surface area contributed by atoms with Crippen LogP contribution in [-0.4, -0.2) is 11.3 Å². The second-order valence-corrected chi connectivity index (χ2v) is 9.86. The fourth-order valence-corrected chi connectivity index (χ4v) is 6.16. The zero-order chi connectivity index (χ0) is 22.8. The predicted molar refractivity (Wildman–Crippen MR) is 142 cm³/mol. The lowest BCUT2D eigenvalue weighted by molar-refractivity contribution is -0.400. The van der Waals surface area contributed by atoms with Gasteiger partial charge in [-0.05, 0) is 52.6 Å². The van der Waals surface area contributed by atoms with Crippen LogP contribution in [0.3, 0.4) is 0 Å². The third kappa shape index (κ3) is 2.81. The highest BCUT2D eigenvalue weighted by molar-refractivity contribution is 6.07. The second kappa shape index (κ2) is 7.36. The molecule has 0 unspecified atom stereocenters. The molecule has 0 radical (unpaired) electrons. The fourth-order valence-electron chi connectivity index (χ4n) is 6.16. The molecule has 0 bridgehead atoms. The van der Waals surface area contributed by atoms with Gasteiger partial charge in [-0.1, -0.05) is 79.3 Å². The first-order chi connectivity index (χ1) is 16.7. The van der Waals surface area contributed by atoms with E-state index in [1.807, 2.05) is 6.07 Å². The maximum atomic E-state index is 6.45. The summed E-state index contributed by atoms with van der Waals surface area (Å²) >= 11 is 0. The zero-order valence-electron chi connectivity index (χ0n) is 19.5. The van der Waals surface area contributed by atoms with E-state index in [4.69, 9.17) is 4.42 Å². The number of rotatable bonds is 2. The van der Waals surface area contributed by atoms with E-state index in [1.165, 1.54) is 69.6 Å². The summed E-state index contributed by atoms with van der Waals surface area (Å²) in [5, 5.41) is 4.95. The molecule has 2 heteroatoms. The molecule has 0 amide bonds. The van der Waals surface area contributed by atoms with Crippen LogP contribution in [0.2, 0.25) is 0 Å². The molecule has 1 aliphatic heterocycles. The summed E-state index contributed by atoms with van der Waals surface area (Å²) in [7, 11) is 0. The van der Waals surface area contributed by atoms with Gasteiger partial charge in [0.15, 0.2) is 11.7 Å². The Morgan fingerprint density at radius 1 is 0.941 bits per heavy atom. The van der Waals surface area contributed by atoms with Crippen LogP contribution in [0, 0.1) is 18.9 Å². The molecular formula is C32H27NO. The number of hydrogen-bond acceptors (Lipinski definition) is 0. The van der Waals surface area contributed by atoms with Gasteiger partial charge >= 0.3 is 0 Å². The summed E-state index contributed by atoms with van der Waals surface area (Å²) in [6, 6.07) is 27.2. The summed E-state index contributed by atoms with van der Waals surface area (Å²) in [6.45, 7) is 6.74. The Kier molecular flexibility index (Phi) is 4.26. The largest absolute Gasteiger partial charge is 0.286 e. The van der Waals surface area contributed by atoms with Crippen LogP contribution in [0.5, 0.6) is 0 Å². The molecule has 2 nitrogen and oxygen atoms in total. The molecule has 1 fully saturated rings. The van der Waals surface area contributed by atoms with Gasteiger partial charge in [-0.15, -0.1) is 18.2 Å². The van der Waals surface area contributed by atoms with Crippen molar-refractivity contribution in [3.05, 3.63) is 102 Å². The minimum atomic E-state index is 0.587. The van der Waals surface area contributed by atoms with Crippen LogP contribution in [-0.2, 0) is 0 Å². The SMILES string of the molecule is C=[N+]1c2ccc3ccccc3c2C(C2CCCC2)=C[C-]1c1cc(C)cc2c1[o+][c-]1ccccc21. The van der Waals surface area contributed by atoms with Gasteiger partial charge in [0.25, 0.3) is 11.2 Å². The minimum Gasteiger partial charge on any atom is -0.286 e. The van der Waals surface area contributed by atoms with Crippen LogP contribution in [0.15, 0.2) is 83.3 Å². The van der Waals surface area contributed by atoms with Crippen molar-refractivity contribution >= 4 is 50.7 Å². The van der Waals surface area contributed by atoms with Crippen molar-refractivity contribution in [2.75, 3.05) is 0 Å². The van der Waals surface area contributed by atoms with Crippen molar-refractivity contribution in [3.63, 3.8) is 0 Å². The summed E-state index contributed by atoms with van der Waals surface area (Å²) in [4.78, 5) is 0. The van der Waals surface area contributed by atoms with Crippen molar-refractivity contribution in [1.82, 2.24) is 0 Å². The van der Waals surface area contributed by atoms with Crippen molar-refractivity contribution in [2.24, 2.45) is 5.92 Å². The molecule has 1 aromatic heterocycles. The van der Waals surface area contributed by atoms with Gasteiger partial charge in [0, 0.05) is 5.56 Å². The number of hydrogen-bond donors (Lipinski definition) is 0. The van der Waals surface area contributed by atoms with Gasteiger partial charge in [0.1, 0.15) is 0 Å². The average molecular weight is 442 g/mol. The highest BCUT2D eigenvalue weighted by Crippen LogP contribution is 2.49. The summed E-state index contributed by atoms with van der Waals surface area (Å²) in [5.74, 6) is 0.587. The van der Waals surface area contributed by atoms with Crippen LogP contribution >= 0.6 is 0 Å². The third-order valence-electron chi connectivity index (χ3n) is 7.76. The first-order valence-corrected chi connectivity index (χ1v) is 12.3. The van der Waals surface area contributed by atoms with E-state index >= 15 is 0 Å². The second-order valence-electron chi connectivity index (χ2n) is 9.86. The van der Waals surface area contributed by atoms with Gasteiger partial charge in [-0.3, -0.25) is 4.42 Å². The standard InChI is InChI=1S/C32H27NO/c1-20-17-26-24-13-7-8-14-30(24)34-32(26)27(18-20)29-19-25(21-9-3-4-10-21)31-23-12-6-5-11-22(23)15-16-28(31)33(29)2/h5-8,11-19,21H,2-4,9-10H2,1H3. The quantitative estimate of drug-likeness (QED) is 0.152. The molecule has 5 aromatic rings. The number of allylic oxidation sites excluding steroid dienone is 1. The van der Waals surface area contributed by atoms with E-state index in [0.717, 1.165) is 22.8 Å². The van der Waals surface area contributed by atoms with Crippen molar-refractivity contribution in [2.45, 2.75) is 32.6 Å². The maximum absolute atomic E-state index is 6.45. The highest BCUT2D eigenvalue weighted by Gasteiger charge is 2.34. The van der Waals surface area contributed by atoms with E-state index in [1.54, 1.807) is 0 Å². The molecule has 0 atom stereocenters. The lowest BCUT2D eigenvalue weighted by Gasteiger charge is -2.30. The average Bonchev–Trinajstić information content (AvgIpc) is 3.52. The Balaban J connectivity index is 1.51. The van der Waals surface area contributed by atoms with Crippen LogP contribution < -0.4 is 0 Å². The fraction of sp³-hybridized carbons (Fsp3) is 0.188. The van der Waals surface area contributed by atoms with Gasteiger partial charge in [0.05, 0.1) is 12.3 Å². The Labute approximate surface area is 199 Å². The molecule has 0 spiro atoms. The van der Waals surface area contributed by atoms with E-state index < -0.39 is 0 Å². The first-order valence-electron chi connectivity index (χ1n) is 12.3. The Bertz CT molecular complexity index is 1640. The summed E-state index contributed by atoms with van der Waals surface area (Å²) < 4.78 is 8.58. The predicted octanol–water partition coefficient (Wildman–Crippen LogP) is 8.56. The van der Waals surface area contributed by atoms with Crippen molar-refractivity contribution in [3.8, 4) is 0 Å². The molecule has 166 valence electrons. The van der Waals surface area contributed by atoms with Crippen LogP contribution in [0.4, 0.5) is 5.69 Å². The number of fused-ring (bicyclic) bond motifs is 6. The molecule has 0 saturated heterocycles. The lowest BCUT2D eigenvalue weighted by Crippen LogP contribution is -2.20. The van der Waals surface area contributed by atoms with Gasteiger partial charge < -0.3 is 0 Å². The van der Waals surface area contributed by atoms with Gasteiger partial charge in [-0.2, -0.15) is 0 Å². The van der Waals surface area contributed by atoms with E-state index in [9.17, 15) is 0 Å². The van der Waals surface area contributed by atoms with E-state index in [0.29, 0.717) is 5.92 Å². The number of aryl methyl sites for hydroxylation is 1. The highest BCUT2D eigenvalue weighted by atomic mass is 16.3. The molecule has 0 N–H and O–H groups in total.